The van der Waals surface area contributed by atoms with Gasteiger partial charge in [0.1, 0.15) is 23.4 Å². The van der Waals surface area contributed by atoms with Crippen LogP contribution >= 0.6 is 0 Å². The highest BCUT2D eigenvalue weighted by atomic mass is 32.2. The van der Waals surface area contributed by atoms with Crippen LogP contribution in [0.3, 0.4) is 0 Å². The molecule has 178 valence electrons. The number of phenolic OH excluding ortho intramolecular Hbond substituents is 1. The predicted molar refractivity (Wildman–Crippen MR) is 130 cm³/mol. The van der Waals surface area contributed by atoms with E-state index in [4.69, 9.17) is 4.74 Å². The lowest BCUT2D eigenvalue weighted by atomic mass is 9.93. The largest absolute Gasteiger partial charge is 0.507 e. The Morgan fingerprint density at radius 3 is 2.48 bits per heavy atom. The van der Waals surface area contributed by atoms with E-state index in [1.807, 2.05) is 36.4 Å². The van der Waals surface area contributed by atoms with Crippen LogP contribution in [0, 0.1) is 0 Å². The molecule has 3 rings (SSSR count). The van der Waals surface area contributed by atoms with Gasteiger partial charge in [-0.15, -0.1) is 0 Å². The lowest BCUT2D eigenvalue weighted by Gasteiger charge is -2.20. The number of allylic oxidation sites excluding steroid dienone is 1. The molecule has 7 heteroatoms. The average Bonchev–Trinajstić information content (AvgIpc) is 3.07. The number of hydrogen-bond donors (Lipinski definition) is 3. The molecule has 0 amide bonds. The Balaban J connectivity index is 1.79. The number of hydrogen-bond acceptors (Lipinski definition) is 6. The molecule has 0 aliphatic carbocycles. The molecule has 0 aromatic heterocycles. The van der Waals surface area contributed by atoms with Crippen molar-refractivity contribution < 1.29 is 28.5 Å². The molecule has 2 aromatic carbocycles. The van der Waals surface area contributed by atoms with E-state index in [-0.39, 0.29) is 18.1 Å². The van der Waals surface area contributed by atoms with Crippen molar-refractivity contribution in [2.24, 2.45) is 0 Å². The van der Waals surface area contributed by atoms with Crippen molar-refractivity contribution in [1.29, 1.82) is 0 Å². The number of aliphatic hydroxyl groups is 2. The Labute approximate surface area is 195 Å². The summed E-state index contributed by atoms with van der Waals surface area (Å²) in [5, 5.41) is 29.8. The number of sulfone groups is 1. The van der Waals surface area contributed by atoms with Gasteiger partial charge >= 0.3 is 0 Å². The van der Waals surface area contributed by atoms with Crippen LogP contribution in [0.1, 0.15) is 38.2 Å². The van der Waals surface area contributed by atoms with E-state index in [9.17, 15) is 23.7 Å². The predicted octanol–water partition coefficient (Wildman–Crippen LogP) is 3.88. The molecule has 0 saturated heterocycles. The fourth-order valence-electron chi connectivity index (χ4n) is 4.22. The van der Waals surface area contributed by atoms with E-state index in [1.165, 1.54) is 0 Å². The van der Waals surface area contributed by atoms with Crippen LogP contribution < -0.4 is 4.74 Å². The van der Waals surface area contributed by atoms with E-state index in [2.05, 4.69) is 6.92 Å². The van der Waals surface area contributed by atoms with Crippen LogP contribution in [-0.2, 0) is 9.84 Å². The highest BCUT2D eigenvalue weighted by Crippen LogP contribution is 2.33. The molecule has 1 aliphatic heterocycles. The SMILES string of the molecule is CCC/C(=C\c1ccccc1O)CC[C@@H](O)C1=C(COc2ccccc2)CS(=O)(=O)[C@H]1CO. The van der Waals surface area contributed by atoms with Crippen LogP contribution in [0.15, 0.2) is 71.3 Å². The van der Waals surface area contributed by atoms with Crippen molar-refractivity contribution in [3.8, 4) is 11.5 Å². The first kappa shape index (κ1) is 25.0. The van der Waals surface area contributed by atoms with Gasteiger partial charge in [0, 0.05) is 5.56 Å². The quantitative estimate of drug-likeness (QED) is 0.429. The summed E-state index contributed by atoms with van der Waals surface area (Å²) in [6.07, 6.45) is 3.47. The molecular formula is C26H32O6S. The highest BCUT2D eigenvalue weighted by Gasteiger charge is 2.41. The summed E-state index contributed by atoms with van der Waals surface area (Å²) in [6, 6.07) is 16.1. The minimum atomic E-state index is -3.60. The molecule has 2 atom stereocenters. The zero-order valence-corrected chi connectivity index (χ0v) is 19.7. The molecule has 2 aromatic rings. The Morgan fingerprint density at radius 2 is 1.82 bits per heavy atom. The molecule has 0 spiro atoms. The van der Waals surface area contributed by atoms with Gasteiger partial charge < -0.3 is 20.1 Å². The van der Waals surface area contributed by atoms with E-state index in [1.54, 1.807) is 24.3 Å². The second-order valence-electron chi connectivity index (χ2n) is 8.30. The molecular weight excluding hydrogens is 440 g/mol. The van der Waals surface area contributed by atoms with E-state index in [0.29, 0.717) is 35.3 Å². The summed E-state index contributed by atoms with van der Waals surface area (Å²) in [5.74, 6) is 0.573. The third kappa shape index (κ3) is 6.47. The monoisotopic (exact) mass is 472 g/mol. The molecule has 0 unspecified atom stereocenters. The summed E-state index contributed by atoms with van der Waals surface area (Å²) in [5.41, 5.74) is 2.63. The molecule has 0 fully saturated rings. The van der Waals surface area contributed by atoms with Crippen LogP contribution in [-0.4, -0.2) is 54.1 Å². The van der Waals surface area contributed by atoms with Gasteiger partial charge in [-0.05, 0) is 48.6 Å². The first-order valence-corrected chi connectivity index (χ1v) is 12.9. The molecule has 0 saturated carbocycles. The van der Waals surface area contributed by atoms with E-state index >= 15 is 0 Å². The van der Waals surface area contributed by atoms with Gasteiger partial charge in [0.2, 0.25) is 0 Å². The van der Waals surface area contributed by atoms with Crippen LogP contribution in [0.2, 0.25) is 0 Å². The first-order chi connectivity index (χ1) is 15.9. The van der Waals surface area contributed by atoms with Gasteiger partial charge in [-0.3, -0.25) is 0 Å². The Hall–Kier alpha value is -2.61. The number of para-hydroxylation sites is 2. The average molecular weight is 473 g/mol. The fourth-order valence-corrected chi connectivity index (χ4v) is 6.09. The zero-order chi connectivity index (χ0) is 23.8. The molecule has 0 bridgehead atoms. The van der Waals surface area contributed by atoms with Crippen molar-refractivity contribution in [3.63, 3.8) is 0 Å². The third-order valence-electron chi connectivity index (χ3n) is 5.85. The first-order valence-electron chi connectivity index (χ1n) is 11.2. The molecule has 1 heterocycles. The lowest BCUT2D eigenvalue weighted by Crippen LogP contribution is -2.29. The number of phenols is 1. The topological polar surface area (TPSA) is 104 Å². The minimum absolute atomic E-state index is 0.0433. The third-order valence-corrected chi connectivity index (χ3v) is 7.87. The van der Waals surface area contributed by atoms with Crippen LogP contribution in [0.25, 0.3) is 6.08 Å². The van der Waals surface area contributed by atoms with Crippen LogP contribution in [0.5, 0.6) is 11.5 Å². The number of aliphatic hydroxyl groups excluding tert-OH is 2. The number of rotatable bonds is 11. The van der Waals surface area contributed by atoms with Gasteiger partial charge in [0.25, 0.3) is 0 Å². The molecule has 33 heavy (non-hydrogen) atoms. The number of ether oxygens (including phenoxy) is 1. The van der Waals surface area contributed by atoms with E-state index < -0.39 is 27.8 Å². The zero-order valence-electron chi connectivity index (χ0n) is 18.9. The van der Waals surface area contributed by atoms with Crippen LogP contribution in [0.4, 0.5) is 0 Å². The fraction of sp³-hybridized carbons (Fsp3) is 0.385. The van der Waals surface area contributed by atoms with Crippen molar-refractivity contribution in [2.75, 3.05) is 19.0 Å². The Kier molecular flexibility index (Phi) is 8.72. The maximum Gasteiger partial charge on any atom is 0.163 e. The maximum absolute atomic E-state index is 12.6. The summed E-state index contributed by atoms with van der Waals surface area (Å²) >= 11 is 0. The summed E-state index contributed by atoms with van der Waals surface area (Å²) in [4.78, 5) is 0. The van der Waals surface area contributed by atoms with Crippen molar-refractivity contribution in [3.05, 3.63) is 76.9 Å². The summed E-state index contributed by atoms with van der Waals surface area (Å²) in [7, 11) is -3.60. The molecule has 0 radical (unpaired) electrons. The molecule has 3 N–H and O–H groups in total. The second-order valence-corrected chi connectivity index (χ2v) is 10.5. The molecule has 6 nitrogen and oxygen atoms in total. The maximum atomic E-state index is 12.6. The normalized spacial score (nSPS) is 19.0. The lowest BCUT2D eigenvalue weighted by molar-refractivity contribution is 0.187. The van der Waals surface area contributed by atoms with Gasteiger partial charge in [0.15, 0.2) is 9.84 Å². The second kappa shape index (κ2) is 11.5. The molecule has 1 aliphatic rings. The summed E-state index contributed by atoms with van der Waals surface area (Å²) < 4.78 is 31.0. The van der Waals surface area contributed by atoms with Gasteiger partial charge in [-0.2, -0.15) is 0 Å². The minimum Gasteiger partial charge on any atom is -0.507 e. The van der Waals surface area contributed by atoms with Crippen molar-refractivity contribution in [2.45, 2.75) is 44.0 Å². The highest BCUT2D eigenvalue weighted by molar-refractivity contribution is 7.92. The van der Waals surface area contributed by atoms with E-state index in [0.717, 1.165) is 18.4 Å². The van der Waals surface area contributed by atoms with Crippen molar-refractivity contribution >= 4 is 15.9 Å². The van der Waals surface area contributed by atoms with Gasteiger partial charge in [-0.1, -0.05) is 61.4 Å². The van der Waals surface area contributed by atoms with Crippen molar-refractivity contribution in [1.82, 2.24) is 0 Å². The Morgan fingerprint density at radius 1 is 1.12 bits per heavy atom. The summed E-state index contributed by atoms with van der Waals surface area (Å²) in [6.45, 7) is 1.53. The smallest absolute Gasteiger partial charge is 0.163 e. The number of benzene rings is 2. The number of aromatic hydroxyl groups is 1. The standard InChI is InChI=1S/C26H32O6S/c1-2-8-19(15-20-9-6-7-12-23(20)28)13-14-24(29)26-21(18-33(30,31)25(26)16-27)17-32-22-10-4-3-5-11-22/h3-7,9-12,15,24-25,27-29H,2,8,13-14,16-18H2,1H3/b19-15+/t24-,25+/m1/s1. The van der Waals surface area contributed by atoms with Gasteiger partial charge in [0.05, 0.1) is 18.5 Å². The van der Waals surface area contributed by atoms with Gasteiger partial charge in [-0.25, -0.2) is 8.42 Å². The Bertz CT molecular complexity index is 1090.